The summed E-state index contributed by atoms with van der Waals surface area (Å²) in [4.78, 5) is 0. The van der Waals surface area contributed by atoms with Gasteiger partial charge in [0.25, 0.3) is 0 Å². The number of hydrogen-bond donors (Lipinski definition) is 2. The molecule has 0 saturated carbocycles. The molecule has 4 heteroatoms. The second kappa shape index (κ2) is 14.2. The van der Waals surface area contributed by atoms with Gasteiger partial charge in [0, 0.05) is 11.8 Å². The Morgan fingerprint density at radius 2 is 1.00 bits per heavy atom. The minimum absolute atomic E-state index is 0.252. The maximum absolute atomic E-state index is 12.6. The minimum atomic E-state index is -1.05. The lowest BCUT2D eigenvalue weighted by atomic mass is 9.92. The highest BCUT2D eigenvalue weighted by Gasteiger charge is 2.41. The summed E-state index contributed by atoms with van der Waals surface area (Å²) in [6.07, 6.45) is -0.570. The van der Waals surface area contributed by atoms with Crippen LogP contribution in [0.3, 0.4) is 0 Å². The quantitative estimate of drug-likeness (QED) is 0.157. The Morgan fingerprint density at radius 1 is 0.568 bits per heavy atom. The molecule has 0 radical (unpaired) electrons. The Balaban J connectivity index is 1.48. The second-order valence-corrected chi connectivity index (χ2v) is 16.3. The predicted octanol–water partition coefficient (Wildman–Crippen LogP) is 7.01. The van der Waals surface area contributed by atoms with Gasteiger partial charge in [0.15, 0.2) is 0 Å². The second-order valence-electron chi connectivity index (χ2n) is 11.8. The predicted molar refractivity (Wildman–Crippen MR) is 191 cm³/mol. The van der Waals surface area contributed by atoms with E-state index in [1.54, 1.807) is 0 Å². The Kier molecular flexibility index (Phi) is 9.85. The van der Waals surface area contributed by atoms with Crippen molar-refractivity contribution >= 4 is 42.6 Å². The normalized spacial score (nSPS) is 15.1. The fraction of sp³-hybridized carbons (Fsp3) is 0.200. The van der Waals surface area contributed by atoms with Crippen molar-refractivity contribution in [2.24, 2.45) is 5.92 Å². The molecule has 0 fully saturated rings. The van der Waals surface area contributed by atoms with Crippen LogP contribution in [0.5, 0.6) is 0 Å². The molecule has 0 spiro atoms. The summed E-state index contributed by atoms with van der Waals surface area (Å²) in [5.41, 5.74) is 4.94. The van der Waals surface area contributed by atoms with Gasteiger partial charge in [-0.2, -0.15) is 0 Å². The van der Waals surface area contributed by atoms with E-state index in [1.807, 2.05) is 12.1 Å². The fourth-order valence-corrected chi connectivity index (χ4v) is 11.9. The molecular weight excluding hydrogens is 574 g/mol. The molecule has 3 atom stereocenters. The van der Waals surface area contributed by atoms with E-state index in [9.17, 15) is 10.2 Å². The van der Waals surface area contributed by atoms with E-state index in [-0.39, 0.29) is 11.6 Å². The number of aliphatic hydroxyl groups excluding tert-OH is 2. The molecule has 0 aliphatic heterocycles. The van der Waals surface area contributed by atoms with Crippen LogP contribution >= 0.6 is 15.8 Å². The average molecular weight is 615 g/mol. The average Bonchev–Trinajstić information content (AvgIpc) is 3.46. The molecule has 3 unspecified atom stereocenters. The molecule has 44 heavy (non-hydrogen) atoms. The minimum Gasteiger partial charge on any atom is -0.390 e. The van der Waals surface area contributed by atoms with Crippen LogP contribution in [-0.2, 0) is 6.42 Å². The van der Waals surface area contributed by atoms with Gasteiger partial charge in [-0.05, 0) is 66.1 Å². The molecule has 5 aromatic carbocycles. The fourth-order valence-electron chi connectivity index (χ4n) is 6.60. The van der Waals surface area contributed by atoms with Crippen molar-refractivity contribution < 1.29 is 10.2 Å². The molecule has 0 saturated heterocycles. The van der Waals surface area contributed by atoms with E-state index in [2.05, 4.69) is 147 Å². The smallest absolute Gasteiger partial charge is 0.0913 e. The summed E-state index contributed by atoms with van der Waals surface area (Å²) < 4.78 is 0. The van der Waals surface area contributed by atoms with E-state index < -0.39 is 28.1 Å². The van der Waals surface area contributed by atoms with Gasteiger partial charge in [-0.1, -0.05) is 165 Å². The third kappa shape index (κ3) is 6.51. The highest BCUT2D eigenvalue weighted by Crippen LogP contribution is 2.52. The number of hydrogen-bond acceptors (Lipinski definition) is 2. The topological polar surface area (TPSA) is 40.5 Å². The van der Waals surface area contributed by atoms with Crippen molar-refractivity contribution in [1.82, 2.24) is 0 Å². The molecule has 0 aromatic heterocycles. The number of allylic oxidation sites excluding steroid dienone is 1. The lowest BCUT2D eigenvalue weighted by Crippen LogP contribution is -2.43. The largest absolute Gasteiger partial charge is 0.390 e. The third-order valence-electron chi connectivity index (χ3n) is 8.54. The number of aliphatic hydroxyl groups is 2. The van der Waals surface area contributed by atoms with Gasteiger partial charge >= 0.3 is 0 Å². The summed E-state index contributed by atoms with van der Waals surface area (Å²) in [5.74, 6) is 0.287. The Labute approximate surface area is 264 Å². The molecule has 0 heterocycles. The Morgan fingerprint density at radius 3 is 1.48 bits per heavy atom. The van der Waals surface area contributed by atoms with Crippen LogP contribution in [-0.4, -0.2) is 34.2 Å². The van der Waals surface area contributed by atoms with E-state index in [4.69, 9.17) is 0 Å². The van der Waals surface area contributed by atoms with E-state index in [0.29, 0.717) is 6.16 Å². The van der Waals surface area contributed by atoms with Crippen LogP contribution in [0.4, 0.5) is 0 Å². The summed E-state index contributed by atoms with van der Waals surface area (Å²) >= 11 is 0. The zero-order valence-electron chi connectivity index (χ0n) is 25.4. The molecule has 0 bridgehead atoms. The standard InChI is InChI=1S/C40H40O2P2/c1-29(2)38-35-26-16-15-17-30(35)27-36(38)40(44(33-22-11-5-12-23-33)34-24-13-6-14-25-34)39(42)37(41)28-43(31-18-7-3-8-19-31)32-20-9-4-10-21-32/h3-26,29,37,39-42H,27-28H2,1-2H3. The summed E-state index contributed by atoms with van der Waals surface area (Å²) in [6.45, 7) is 4.52. The van der Waals surface area contributed by atoms with E-state index in [0.717, 1.165) is 6.42 Å². The molecule has 2 N–H and O–H groups in total. The lowest BCUT2D eigenvalue weighted by Gasteiger charge is -2.37. The van der Waals surface area contributed by atoms with Gasteiger partial charge < -0.3 is 10.2 Å². The van der Waals surface area contributed by atoms with Gasteiger partial charge in [-0.15, -0.1) is 0 Å². The van der Waals surface area contributed by atoms with Crippen molar-refractivity contribution in [1.29, 1.82) is 0 Å². The lowest BCUT2D eigenvalue weighted by molar-refractivity contribution is 0.0371. The van der Waals surface area contributed by atoms with Crippen LogP contribution in [0.15, 0.2) is 151 Å². The van der Waals surface area contributed by atoms with Crippen molar-refractivity contribution in [3.63, 3.8) is 0 Å². The SMILES string of the molecule is CC(C)C1=C(C(C(O)C(O)CP(c2ccccc2)c2ccccc2)P(c2ccccc2)c2ccccc2)Cc2ccccc21. The van der Waals surface area contributed by atoms with Gasteiger partial charge in [-0.3, -0.25) is 0 Å². The first-order valence-electron chi connectivity index (χ1n) is 15.5. The molecule has 222 valence electrons. The Bertz CT molecular complexity index is 1590. The number of fused-ring (bicyclic) bond motifs is 1. The molecule has 2 nitrogen and oxygen atoms in total. The zero-order valence-corrected chi connectivity index (χ0v) is 27.2. The van der Waals surface area contributed by atoms with Crippen molar-refractivity contribution in [3.05, 3.63) is 162 Å². The van der Waals surface area contributed by atoms with Crippen LogP contribution in [0.1, 0.15) is 25.0 Å². The number of benzene rings is 5. The van der Waals surface area contributed by atoms with E-state index >= 15 is 0 Å². The van der Waals surface area contributed by atoms with Gasteiger partial charge in [0.05, 0.1) is 12.2 Å². The first kappa shape index (κ1) is 30.6. The van der Waals surface area contributed by atoms with Crippen LogP contribution in [0.25, 0.3) is 5.57 Å². The van der Waals surface area contributed by atoms with Crippen LogP contribution in [0.2, 0.25) is 0 Å². The van der Waals surface area contributed by atoms with Crippen LogP contribution in [0, 0.1) is 5.92 Å². The highest BCUT2D eigenvalue weighted by atomic mass is 31.1. The summed E-state index contributed by atoms with van der Waals surface area (Å²) in [5, 5.41) is 29.6. The zero-order chi connectivity index (χ0) is 30.5. The van der Waals surface area contributed by atoms with Gasteiger partial charge in [-0.25, -0.2) is 0 Å². The molecule has 1 aliphatic carbocycles. The van der Waals surface area contributed by atoms with Gasteiger partial charge in [0.1, 0.15) is 0 Å². The maximum atomic E-state index is 12.6. The van der Waals surface area contributed by atoms with Crippen molar-refractivity contribution in [3.8, 4) is 0 Å². The van der Waals surface area contributed by atoms with Crippen molar-refractivity contribution in [2.75, 3.05) is 6.16 Å². The molecule has 0 amide bonds. The van der Waals surface area contributed by atoms with Gasteiger partial charge in [0.2, 0.25) is 0 Å². The van der Waals surface area contributed by atoms with Crippen molar-refractivity contribution in [2.45, 2.75) is 38.1 Å². The maximum Gasteiger partial charge on any atom is 0.0913 e. The monoisotopic (exact) mass is 614 g/mol. The molecule has 6 rings (SSSR count). The van der Waals surface area contributed by atoms with Crippen LogP contribution < -0.4 is 21.2 Å². The molecule has 1 aliphatic rings. The first-order chi connectivity index (χ1) is 21.5. The summed E-state index contributed by atoms with van der Waals surface area (Å²) in [6, 6.07) is 50.9. The number of rotatable bonds is 11. The molecule has 5 aromatic rings. The summed E-state index contributed by atoms with van der Waals surface area (Å²) in [7, 11) is -1.92. The third-order valence-corrected chi connectivity index (χ3v) is 14.0. The highest BCUT2D eigenvalue weighted by molar-refractivity contribution is 7.74. The first-order valence-corrected chi connectivity index (χ1v) is 18.4. The Hall–Kier alpha value is -3.38. The molecular formula is C40H40O2P2. The van der Waals surface area contributed by atoms with E-state index in [1.165, 1.54) is 43.5 Å².